The Balaban J connectivity index is 2.57. The van der Waals surface area contributed by atoms with Crippen molar-refractivity contribution in [2.75, 3.05) is 13.2 Å². The van der Waals surface area contributed by atoms with Crippen LogP contribution in [0, 0.1) is 11.8 Å². The second-order valence-corrected chi connectivity index (χ2v) is 5.54. The number of amides is 1. The summed E-state index contributed by atoms with van der Waals surface area (Å²) < 4.78 is 0. The highest BCUT2D eigenvalue weighted by Gasteiger charge is 2.20. The number of aliphatic hydroxyl groups excluding tert-OH is 1. The molecule has 1 aromatic carbocycles. The summed E-state index contributed by atoms with van der Waals surface area (Å²) in [6, 6.07) is 10.0. The van der Waals surface area contributed by atoms with Gasteiger partial charge in [-0.15, -0.1) is 0 Å². The minimum atomic E-state index is 0.0329. The lowest BCUT2D eigenvalue weighted by atomic mass is 9.92. The highest BCUT2D eigenvalue weighted by Crippen LogP contribution is 2.19. The molecular weight excluding hydrogens is 250 g/mol. The van der Waals surface area contributed by atoms with Crippen LogP contribution in [-0.2, 0) is 4.79 Å². The SMILES string of the molecule is CCC(C)C(C)C(=O)NCC(CCO)c1ccccc1. The molecule has 20 heavy (non-hydrogen) atoms. The van der Waals surface area contributed by atoms with E-state index in [-0.39, 0.29) is 24.3 Å². The smallest absolute Gasteiger partial charge is 0.223 e. The van der Waals surface area contributed by atoms with Crippen LogP contribution in [0.2, 0.25) is 0 Å². The molecule has 0 saturated carbocycles. The molecule has 0 spiro atoms. The number of rotatable bonds is 8. The largest absolute Gasteiger partial charge is 0.396 e. The van der Waals surface area contributed by atoms with E-state index >= 15 is 0 Å². The summed E-state index contributed by atoms with van der Waals surface area (Å²) in [5.74, 6) is 0.709. The fraction of sp³-hybridized carbons (Fsp3) is 0.588. The molecular formula is C17H27NO2. The number of aliphatic hydroxyl groups is 1. The van der Waals surface area contributed by atoms with Crippen molar-refractivity contribution in [2.24, 2.45) is 11.8 Å². The van der Waals surface area contributed by atoms with Crippen LogP contribution < -0.4 is 5.32 Å². The molecule has 3 heteroatoms. The second kappa shape index (κ2) is 8.75. The first-order valence-corrected chi connectivity index (χ1v) is 7.53. The summed E-state index contributed by atoms with van der Waals surface area (Å²) in [6.07, 6.45) is 1.68. The van der Waals surface area contributed by atoms with Gasteiger partial charge in [-0.1, -0.05) is 57.5 Å². The number of benzene rings is 1. The van der Waals surface area contributed by atoms with Crippen LogP contribution in [0.5, 0.6) is 0 Å². The maximum Gasteiger partial charge on any atom is 0.223 e. The van der Waals surface area contributed by atoms with E-state index in [1.165, 1.54) is 0 Å². The molecule has 0 aromatic heterocycles. The predicted octanol–water partition coefficient (Wildman–Crippen LogP) is 2.95. The van der Waals surface area contributed by atoms with Gasteiger partial charge >= 0.3 is 0 Å². The van der Waals surface area contributed by atoms with Crippen molar-refractivity contribution < 1.29 is 9.90 Å². The first-order valence-electron chi connectivity index (χ1n) is 7.53. The lowest BCUT2D eigenvalue weighted by Crippen LogP contribution is -2.35. The van der Waals surface area contributed by atoms with Gasteiger partial charge in [0.25, 0.3) is 0 Å². The molecule has 0 aliphatic carbocycles. The molecule has 1 aromatic rings. The van der Waals surface area contributed by atoms with Crippen LogP contribution >= 0.6 is 0 Å². The number of carbonyl (C=O) groups is 1. The fourth-order valence-electron chi connectivity index (χ4n) is 2.26. The number of hydrogen-bond donors (Lipinski definition) is 2. The molecule has 0 aliphatic heterocycles. The zero-order valence-corrected chi connectivity index (χ0v) is 12.8. The number of carbonyl (C=O) groups excluding carboxylic acids is 1. The third kappa shape index (κ3) is 4.97. The Labute approximate surface area is 122 Å². The normalized spacial score (nSPS) is 15.4. The zero-order chi connectivity index (χ0) is 15.0. The summed E-state index contributed by atoms with van der Waals surface area (Å²) in [5, 5.41) is 12.2. The molecule has 2 N–H and O–H groups in total. The van der Waals surface area contributed by atoms with Gasteiger partial charge < -0.3 is 10.4 Å². The summed E-state index contributed by atoms with van der Waals surface area (Å²) in [4.78, 5) is 12.1. The predicted molar refractivity (Wildman–Crippen MR) is 82.5 cm³/mol. The van der Waals surface area contributed by atoms with Crippen molar-refractivity contribution in [3.63, 3.8) is 0 Å². The molecule has 3 atom stereocenters. The molecule has 0 bridgehead atoms. The Morgan fingerprint density at radius 1 is 1.25 bits per heavy atom. The van der Waals surface area contributed by atoms with Crippen LogP contribution in [0.1, 0.15) is 45.1 Å². The Morgan fingerprint density at radius 3 is 2.45 bits per heavy atom. The first kappa shape index (κ1) is 16.7. The average molecular weight is 277 g/mol. The number of hydrogen-bond acceptors (Lipinski definition) is 2. The topological polar surface area (TPSA) is 49.3 Å². The van der Waals surface area contributed by atoms with Gasteiger partial charge in [-0.25, -0.2) is 0 Å². The molecule has 1 amide bonds. The number of nitrogens with one attached hydrogen (secondary N) is 1. The van der Waals surface area contributed by atoms with E-state index in [2.05, 4.69) is 19.2 Å². The summed E-state index contributed by atoms with van der Waals surface area (Å²) >= 11 is 0. The van der Waals surface area contributed by atoms with Gasteiger partial charge in [0.1, 0.15) is 0 Å². The molecule has 0 aliphatic rings. The van der Waals surface area contributed by atoms with Gasteiger partial charge in [0.05, 0.1) is 0 Å². The van der Waals surface area contributed by atoms with E-state index < -0.39 is 0 Å². The van der Waals surface area contributed by atoms with E-state index in [1.54, 1.807) is 0 Å². The molecule has 112 valence electrons. The Hall–Kier alpha value is -1.35. The fourth-order valence-corrected chi connectivity index (χ4v) is 2.26. The summed E-state index contributed by atoms with van der Waals surface area (Å²) in [7, 11) is 0. The van der Waals surface area contributed by atoms with Crippen LogP contribution in [0.3, 0.4) is 0 Å². The second-order valence-electron chi connectivity index (χ2n) is 5.54. The van der Waals surface area contributed by atoms with Gasteiger partial charge in [-0.3, -0.25) is 4.79 Å². The van der Waals surface area contributed by atoms with E-state index in [0.717, 1.165) is 12.0 Å². The van der Waals surface area contributed by atoms with E-state index in [0.29, 0.717) is 18.9 Å². The molecule has 3 unspecified atom stereocenters. The molecule has 0 heterocycles. The van der Waals surface area contributed by atoms with E-state index in [9.17, 15) is 9.90 Å². The van der Waals surface area contributed by atoms with E-state index in [4.69, 9.17) is 0 Å². The minimum absolute atomic E-state index is 0.0329. The molecule has 0 saturated heterocycles. The molecule has 0 fully saturated rings. The van der Waals surface area contributed by atoms with Crippen LogP contribution in [0.25, 0.3) is 0 Å². The Kier molecular flexibility index (Phi) is 7.31. The van der Waals surface area contributed by atoms with Crippen LogP contribution in [0.15, 0.2) is 30.3 Å². The van der Waals surface area contributed by atoms with Gasteiger partial charge in [-0.05, 0) is 17.9 Å². The molecule has 0 radical (unpaired) electrons. The summed E-state index contributed by atoms with van der Waals surface area (Å²) in [6.45, 7) is 6.91. The van der Waals surface area contributed by atoms with Gasteiger partial charge in [0, 0.05) is 25.0 Å². The van der Waals surface area contributed by atoms with Crippen molar-refractivity contribution >= 4 is 5.91 Å². The maximum atomic E-state index is 12.1. The standard InChI is InChI=1S/C17H27NO2/c1-4-13(2)14(3)17(20)18-12-16(10-11-19)15-8-6-5-7-9-15/h5-9,13-14,16,19H,4,10-12H2,1-3H3,(H,18,20). The Bertz CT molecular complexity index is 391. The highest BCUT2D eigenvalue weighted by molar-refractivity contribution is 5.78. The monoisotopic (exact) mass is 277 g/mol. The first-order chi connectivity index (χ1) is 9.60. The zero-order valence-electron chi connectivity index (χ0n) is 12.8. The lowest BCUT2D eigenvalue weighted by molar-refractivity contribution is -0.126. The van der Waals surface area contributed by atoms with Crippen molar-refractivity contribution in [3.8, 4) is 0 Å². The maximum absolute atomic E-state index is 12.1. The average Bonchev–Trinajstić information content (AvgIpc) is 2.50. The Morgan fingerprint density at radius 2 is 1.90 bits per heavy atom. The third-order valence-corrected chi connectivity index (χ3v) is 4.18. The van der Waals surface area contributed by atoms with Gasteiger partial charge in [-0.2, -0.15) is 0 Å². The van der Waals surface area contributed by atoms with Crippen molar-refractivity contribution in [3.05, 3.63) is 35.9 Å². The lowest BCUT2D eigenvalue weighted by Gasteiger charge is -2.21. The minimum Gasteiger partial charge on any atom is -0.396 e. The van der Waals surface area contributed by atoms with Crippen molar-refractivity contribution in [2.45, 2.75) is 39.5 Å². The van der Waals surface area contributed by atoms with Gasteiger partial charge in [0.2, 0.25) is 5.91 Å². The van der Waals surface area contributed by atoms with Crippen molar-refractivity contribution in [1.29, 1.82) is 0 Å². The summed E-state index contributed by atoms with van der Waals surface area (Å²) in [5.41, 5.74) is 1.16. The van der Waals surface area contributed by atoms with E-state index in [1.807, 2.05) is 37.3 Å². The molecule has 1 rings (SSSR count). The van der Waals surface area contributed by atoms with Crippen molar-refractivity contribution in [1.82, 2.24) is 5.32 Å². The van der Waals surface area contributed by atoms with Crippen LogP contribution in [0.4, 0.5) is 0 Å². The quantitative estimate of drug-likeness (QED) is 0.767. The molecule has 3 nitrogen and oxygen atoms in total. The third-order valence-electron chi connectivity index (χ3n) is 4.18. The van der Waals surface area contributed by atoms with Crippen LogP contribution in [-0.4, -0.2) is 24.2 Å². The van der Waals surface area contributed by atoms with Gasteiger partial charge in [0.15, 0.2) is 0 Å². The highest BCUT2D eigenvalue weighted by atomic mass is 16.3.